The largest absolute Gasteiger partial charge is 0.456 e. The predicted molar refractivity (Wildman–Crippen MR) is 95.4 cm³/mol. The van der Waals surface area contributed by atoms with E-state index in [1.54, 1.807) is 0 Å². The maximum Gasteiger partial charge on any atom is 0.135 e. The molecule has 0 atom stereocenters. The standard InChI is InChI=1S/C21H19NO/c1-15-6-2-3-7-17(15)14-22-13-16-10-11-21-19(12-16)18-8-4-5-9-20(18)23-21/h2-12,22H,13-14H2,1H3. The first-order valence-electron chi connectivity index (χ1n) is 7.97. The van der Waals surface area contributed by atoms with Gasteiger partial charge in [-0.25, -0.2) is 0 Å². The maximum absolute atomic E-state index is 5.88. The zero-order valence-electron chi connectivity index (χ0n) is 13.2. The van der Waals surface area contributed by atoms with Crippen LogP contribution in [0.3, 0.4) is 0 Å². The third kappa shape index (κ3) is 2.73. The normalized spacial score (nSPS) is 11.3. The van der Waals surface area contributed by atoms with Gasteiger partial charge in [0.2, 0.25) is 0 Å². The molecule has 2 nitrogen and oxygen atoms in total. The Balaban J connectivity index is 1.55. The highest BCUT2D eigenvalue weighted by Crippen LogP contribution is 2.29. The average Bonchev–Trinajstić information content (AvgIpc) is 2.95. The van der Waals surface area contributed by atoms with Gasteiger partial charge in [-0.05, 0) is 41.8 Å². The topological polar surface area (TPSA) is 25.2 Å². The fraction of sp³-hybridized carbons (Fsp3) is 0.143. The van der Waals surface area contributed by atoms with Crippen LogP contribution >= 0.6 is 0 Å². The molecule has 0 unspecified atom stereocenters. The van der Waals surface area contributed by atoms with E-state index in [-0.39, 0.29) is 0 Å². The van der Waals surface area contributed by atoms with E-state index >= 15 is 0 Å². The number of furan rings is 1. The van der Waals surface area contributed by atoms with Gasteiger partial charge in [-0.1, -0.05) is 48.5 Å². The number of benzene rings is 3. The molecule has 0 saturated heterocycles. The van der Waals surface area contributed by atoms with E-state index in [0.717, 1.165) is 24.3 Å². The molecule has 4 aromatic rings. The van der Waals surface area contributed by atoms with Gasteiger partial charge in [0.25, 0.3) is 0 Å². The van der Waals surface area contributed by atoms with Crippen LogP contribution in [0.25, 0.3) is 21.9 Å². The summed E-state index contributed by atoms with van der Waals surface area (Å²) in [6.07, 6.45) is 0. The minimum Gasteiger partial charge on any atom is -0.456 e. The van der Waals surface area contributed by atoms with Crippen molar-refractivity contribution in [1.82, 2.24) is 5.32 Å². The lowest BCUT2D eigenvalue weighted by Crippen LogP contribution is -2.13. The van der Waals surface area contributed by atoms with Crippen LogP contribution in [0.4, 0.5) is 0 Å². The van der Waals surface area contributed by atoms with Crippen molar-refractivity contribution in [2.75, 3.05) is 0 Å². The van der Waals surface area contributed by atoms with Crippen LogP contribution in [0.2, 0.25) is 0 Å². The highest BCUT2D eigenvalue weighted by Gasteiger charge is 2.06. The van der Waals surface area contributed by atoms with Crippen molar-refractivity contribution in [2.45, 2.75) is 20.0 Å². The quantitative estimate of drug-likeness (QED) is 0.561. The zero-order chi connectivity index (χ0) is 15.6. The minimum absolute atomic E-state index is 0.851. The summed E-state index contributed by atoms with van der Waals surface area (Å²) in [7, 11) is 0. The zero-order valence-corrected chi connectivity index (χ0v) is 13.2. The molecule has 0 saturated carbocycles. The van der Waals surface area contributed by atoms with Gasteiger partial charge in [0, 0.05) is 23.9 Å². The van der Waals surface area contributed by atoms with E-state index in [2.05, 4.69) is 66.8 Å². The van der Waals surface area contributed by atoms with Gasteiger partial charge < -0.3 is 9.73 Å². The van der Waals surface area contributed by atoms with Gasteiger partial charge in [0.1, 0.15) is 11.2 Å². The van der Waals surface area contributed by atoms with Crippen molar-refractivity contribution in [3.05, 3.63) is 83.4 Å². The van der Waals surface area contributed by atoms with E-state index in [9.17, 15) is 0 Å². The van der Waals surface area contributed by atoms with Gasteiger partial charge in [-0.2, -0.15) is 0 Å². The van der Waals surface area contributed by atoms with E-state index < -0.39 is 0 Å². The van der Waals surface area contributed by atoms with Crippen molar-refractivity contribution < 1.29 is 4.42 Å². The van der Waals surface area contributed by atoms with E-state index in [4.69, 9.17) is 4.42 Å². The first-order chi connectivity index (χ1) is 11.3. The van der Waals surface area contributed by atoms with Gasteiger partial charge in [-0.3, -0.25) is 0 Å². The summed E-state index contributed by atoms with van der Waals surface area (Å²) in [4.78, 5) is 0. The molecule has 2 heteroatoms. The molecule has 1 aromatic heterocycles. The summed E-state index contributed by atoms with van der Waals surface area (Å²) in [5.41, 5.74) is 5.86. The van der Waals surface area contributed by atoms with Crippen LogP contribution in [-0.4, -0.2) is 0 Å². The first kappa shape index (κ1) is 14.0. The summed E-state index contributed by atoms with van der Waals surface area (Å²) in [5.74, 6) is 0. The molecule has 0 aliphatic carbocycles. The molecular formula is C21H19NO. The Labute approximate surface area is 135 Å². The van der Waals surface area contributed by atoms with E-state index in [0.29, 0.717) is 0 Å². The molecule has 0 aliphatic rings. The third-order valence-corrected chi connectivity index (χ3v) is 4.35. The number of para-hydroxylation sites is 1. The lowest BCUT2D eigenvalue weighted by molar-refractivity contribution is 0.667. The van der Waals surface area contributed by atoms with Crippen LogP contribution in [0.5, 0.6) is 0 Å². The molecule has 0 fully saturated rings. The molecule has 0 radical (unpaired) electrons. The van der Waals surface area contributed by atoms with E-state index in [1.807, 2.05) is 12.1 Å². The van der Waals surface area contributed by atoms with Crippen molar-refractivity contribution in [1.29, 1.82) is 0 Å². The van der Waals surface area contributed by atoms with Gasteiger partial charge in [0.15, 0.2) is 0 Å². The SMILES string of the molecule is Cc1ccccc1CNCc1ccc2oc3ccccc3c2c1. The van der Waals surface area contributed by atoms with Gasteiger partial charge in [0.05, 0.1) is 0 Å². The third-order valence-electron chi connectivity index (χ3n) is 4.35. The number of hydrogen-bond donors (Lipinski definition) is 1. The number of nitrogens with one attached hydrogen (secondary N) is 1. The van der Waals surface area contributed by atoms with Crippen molar-refractivity contribution in [3.8, 4) is 0 Å². The minimum atomic E-state index is 0.851. The second-order valence-corrected chi connectivity index (χ2v) is 5.96. The molecule has 4 rings (SSSR count). The first-order valence-corrected chi connectivity index (χ1v) is 7.97. The van der Waals surface area contributed by atoms with Crippen molar-refractivity contribution >= 4 is 21.9 Å². The molecule has 0 amide bonds. The Hall–Kier alpha value is -2.58. The van der Waals surface area contributed by atoms with Crippen LogP contribution < -0.4 is 5.32 Å². The predicted octanol–water partition coefficient (Wildman–Crippen LogP) is 5.18. The molecule has 114 valence electrons. The van der Waals surface area contributed by atoms with Crippen LogP contribution in [0, 0.1) is 6.92 Å². The molecule has 0 spiro atoms. The molecular weight excluding hydrogens is 282 g/mol. The summed E-state index contributed by atoms with van der Waals surface area (Å²) >= 11 is 0. The lowest BCUT2D eigenvalue weighted by atomic mass is 10.1. The number of rotatable bonds is 4. The summed E-state index contributed by atoms with van der Waals surface area (Å²) in [6, 6.07) is 23.1. The number of fused-ring (bicyclic) bond motifs is 3. The van der Waals surface area contributed by atoms with Crippen LogP contribution in [-0.2, 0) is 13.1 Å². The van der Waals surface area contributed by atoms with Crippen molar-refractivity contribution in [3.63, 3.8) is 0 Å². The van der Waals surface area contributed by atoms with Crippen LogP contribution in [0.1, 0.15) is 16.7 Å². The fourth-order valence-electron chi connectivity index (χ4n) is 3.03. The Morgan fingerprint density at radius 2 is 1.57 bits per heavy atom. The Kier molecular flexibility index (Phi) is 3.60. The number of aryl methyl sites for hydroxylation is 1. The highest BCUT2D eigenvalue weighted by atomic mass is 16.3. The molecule has 0 aliphatic heterocycles. The maximum atomic E-state index is 5.88. The van der Waals surface area contributed by atoms with Crippen LogP contribution in [0.15, 0.2) is 71.1 Å². The Morgan fingerprint density at radius 3 is 2.48 bits per heavy atom. The second-order valence-electron chi connectivity index (χ2n) is 5.96. The van der Waals surface area contributed by atoms with Crippen molar-refractivity contribution in [2.24, 2.45) is 0 Å². The fourth-order valence-corrected chi connectivity index (χ4v) is 3.03. The van der Waals surface area contributed by atoms with Gasteiger partial charge in [-0.15, -0.1) is 0 Å². The molecule has 0 bridgehead atoms. The second kappa shape index (κ2) is 5.90. The average molecular weight is 301 g/mol. The number of hydrogen-bond acceptors (Lipinski definition) is 2. The summed E-state index contributed by atoms with van der Waals surface area (Å²) < 4.78 is 5.88. The molecule has 23 heavy (non-hydrogen) atoms. The highest BCUT2D eigenvalue weighted by molar-refractivity contribution is 6.04. The van der Waals surface area contributed by atoms with E-state index in [1.165, 1.54) is 27.5 Å². The Morgan fingerprint density at radius 1 is 0.783 bits per heavy atom. The lowest BCUT2D eigenvalue weighted by Gasteiger charge is -2.08. The molecule has 3 aromatic carbocycles. The Bertz CT molecular complexity index is 968. The summed E-state index contributed by atoms with van der Waals surface area (Å²) in [6.45, 7) is 3.89. The molecule has 1 N–H and O–H groups in total. The monoisotopic (exact) mass is 301 g/mol. The molecule has 1 heterocycles. The smallest absolute Gasteiger partial charge is 0.135 e. The van der Waals surface area contributed by atoms with Gasteiger partial charge >= 0.3 is 0 Å². The summed E-state index contributed by atoms with van der Waals surface area (Å²) in [5, 5.41) is 5.91.